The van der Waals surface area contributed by atoms with Crippen molar-refractivity contribution in [3.8, 4) is 6.07 Å². The molecule has 140 valence electrons. The first-order valence-electron chi connectivity index (χ1n) is 8.98. The van der Waals surface area contributed by atoms with Crippen molar-refractivity contribution >= 4 is 22.8 Å². The summed E-state index contributed by atoms with van der Waals surface area (Å²) in [6, 6.07) is 9.55. The summed E-state index contributed by atoms with van der Waals surface area (Å²) in [7, 11) is 0. The lowest BCUT2D eigenvalue weighted by Gasteiger charge is -2.37. The van der Waals surface area contributed by atoms with E-state index in [1.165, 1.54) is 0 Å². The smallest absolute Gasteiger partial charge is 0.243 e. The van der Waals surface area contributed by atoms with Gasteiger partial charge in [0.15, 0.2) is 11.7 Å². The topological polar surface area (TPSA) is 91.1 Å². The second kappa shape index (κ2) is 8.14. The fraction of sp³-hybridized carbons (Fsp3) is 0.400. The van der Waals surface area contributed by atoms with Crippen LogP contribution >= 0.6 is 0 Å². The van der Waals surface area contributed by atoms with Crippen molar-refractivity contribution in [1.82, 2.24) is 15.3 Å². The molecule has 1 fully saturated rings. The Morgan fingerprint density at radius 1 is 1.37 bits per heavy atom. The molecule has 3 atom stereocenters. The molecule has 0 bridgehead atoms. The number of hydrogen-bond acceptors (Lipinski definition) is 6. The Morgan fingerprint density at radius 2 is 2.00 bits per heavy atom. The second-order valence-corrected chi connectivity index (χ2v) is 6.68. The highest BCUT2D eigenvalue weighted by Crippen LogP contribution is 2.29. The van der Waals surface area contributed by atoms with Gasteiger partial charge in [-0.2, -0.15) is 5.26 Å². The molecule has 1 amide bonds. The molecule has 27 heavy (non-hydrogen) atoms. The number of para-hydroxylation sites is 2. The number of benzene rings is 1. The normalized spacial score (nSPS) is 20.7. The highest BCUT2D eigenvalue weighted by atomic mass is 16.5. The zero-order valence-electron chi connectivity index (χ0n) is 15.6. The van der Waals surface area contributed by atoms with Gasteiger partial charge in [0.05, 0.1) is 29.3 Å². The summed E-state index contributed by atoms with van der Waals surface area (Å²) >= 11 is 0. The summed E-state index contributed by atoms with van der Waals surface area (Å²) in [5.74, 6) is -0.890. The van der Waals surface area contributed by atoms with Gasteiger partial charge in [-0.3, -0.25) is 4.79 Å². The molecule has 1 aliphatic heterocycles. The molecule has 7 heteroatoms. The molecular formula is C20H23N5O2. The first-order chi connectivity index (χ1) is 13.0. The SMILES string of the molecule is C=CCNC(=O)[C@H](C#N)c1nc2ccccc2nc1N1C[C@@H](C)O[C@H](C)C1. The van der Waals surface area contributed by atoms with E-state index in [1.54, 1.807) is 6.08 Å². The first kappa shape index (κ1) is 18.8. The van der Waals surface area contributed by atoms with E-state index in [1.807, 2.05) is 38.1 Å². The number of hydrogen-bond donors (Lipinski definition) is 1. The molecular weight excluding hydrogens is 342 g/mol. The molecule has 0 aliphatic carbocycles. The van der Waals surface area contributed by atoms with E-state index in [4.69, 9.17) is 9.72 Å². The van der Waals surface area contributed by atoms with Crippen LogP contribution in [0.4, 0.5) is 5.82 Å². The number of nitrogens with one attached hydrogen (secondary N) is 1. The lowest BCUT2D eigenvalue weighted by Crippen LogP contribution is -2.46. The molecule has 1 aromatic heterocycles. The van der Waals surface area contributed by atoms with E-state index < -0.39 is 11.8 Å². The van der Waals surface area contributed by atoms with Gasteiger partial charge in [-0.15, -0.1) is 6.58 Å². The van der Waals surface area contributed by atoms with E-state index in [0.717, 1.165) is 5.52 Å². The third kappa shape index (κ3) is 4.07. The zero-order valence-corrected chi connectivity index (χ0v) is 15.6. The van der Waals surface area contributed by atoms with Gasteiger partial charge in [0.1, 0.15) is 5.69 Å². The molecule has 0 saturated carbocycles. The van der Waals surface area contributed by atoms with Gasteiger partial charge >= 0.3 is 0 Å². The van der Waals surface area contributed by atoms with Crippen molar-refractivity contribution in [2.45, 2.75) is 32.0 Å². The minimum absolute atomic E-state index is 0.0185. The van der Waals surface area contributed by atoms with Gasteiger partial charge in [-0.1, -0.05) is 18.2 Å². The van der Waals surface area contributed by atoms with Crippen molar-refractivity contribution in [2.24, 2.45) is 0 Å². The number of amides is 1. The van der Waals surface area contributed by atoms with Crippen LogP contribution in [0.2, 0.25) is 0 Å². The summed E-state index contributed by atoms with van der Waals surface area (Å²) in [5, 5.41) is 12.4. The Bertz CT molecular complexity index is 882. The Morgan fingerprint density at radius 3 is 2.59 bits per heavy atom. The fourth-order valence-corrected chi connectivity index (χ4v) is 3.30. The number of rotatable bonds is 5. The minimum Gasteiger partial charge on any atom is -0.372 e. The highest BCUT2D eigenvalue weighted by molar-refractivity contribution is 5.89. The number of nitrogens with zero attached hydrogens (tertiary/aromatic N) is 4. The molecule has 1 aromatic carbocycles. The van der Waals surface area contributed by atoms with Crippen LogP contribution in [-0.4, -0.2) is 47.7 Å². The van der Waals surface area contributed by atoms with Crippen molar-refractivity contribution in [3.05, 3.63) is 42.6 Å². The van der Waals surface area contributed by atoms with Crippen LogP contribution in [0.5, 0.6) is 0 Å². The number of aromatic nitrogens is 2. The van der Waals surface area contributed by atoms with Crippen LogP contribution in [0.25, 0.3) is 11.0 Å². The van der Waals surface area contributed by atoms with Gasteiger partial charge < -0.3 is 15.0 Å². The van der Waals surface area contributed by atoms with Crippen LogP contribution in [0.3, 0.4) is 0 Å². The van der Waals surface area contributed by atoms with Gasteiger partial charge in [-0.05, 0) is 26.0 Å². The number of carbonyl (C=O) groups excluding carboxylic acids is 1. The molecule has 0 unspecified atom stereocenters. The molecule has 0 spiro atoms. The maximum atomic E-state index is 12.5. The maximum Gasteiger partial charge on any atom is 0.243 e. The van der Waals surface area contributed by atoms with Crippen LogP contribution in [-0.2, 0) is 9.53 Å². The molecule has 1 saturated heterocycles. The van der Waals surface area contributed by atoms with Crippen LogP contribution < -0.4 is 10.2 Å². The number of fused-ring (bicyclic) bond motifs is 1. The van der Waals surface area contributed by atoms with E-state index in [9.17, 15) is 10.1 Å². The molecule has 2 aromatic rings. The Labute approximate surface area is 158 Å². The van der Waals surface area contributed by atoms with E-state index >= 15 is 0 Å². The summed E-state index contributed by atoms with van der Waals surface area (Å²) in [4.78, 5) is 24.0. The Hall–Kier alpha value is -2.98. The third-order valence-corrected chi connectivity index (χ3v) is 4.38. The van der Waals surface area contributed by atoms with Crippen LogP contribution in [0, 0.1) is 11.3 Å². The highest BCUT2D eigenvalue weighted by Gasteiger charge is 2.31. The molecule has 1 aliphatic rings. The van der Waals surface area contributed by atoms with Gasteiger partial charge in [0.25, 0.3) is 0 Å². The number of carbonyl (C=O) groups is 1. The fourth-order valence-electron chi connectivity index (χ4n) is 3.30. The molecule has 3 rings (SSSR count). The molecule has 7 nitrogen and oxygen atoms in total. The van der Waals surface area contributed by atoms with Crippen molar-refractivity contribution in [1.29, 1.82) is 5.26 Å². The summed E-state index contributed by atoms with van der Waals surface area (Å²) < 4.78 is 5.81. The lowest BCUT2D eigenvalue weighted by molar-refractivity contribution is -0.121. The minimum atomic E-state index is -1.05. The quantitative estimate of drug-likeness (QED) is 0.817. The van der Waals surface area contributed by atoms with E-state index in [-0.39, 0.29) is 12.2 Å². The van der Waals surface area contributed by atoms with Gasteiger partial charge in [-0.25, -0.2) is 9.97 Å². The third-order valence-electron chi connectivity index (χ3n) is 4.38. The number of anilines is 1. The standard InChI is InChI=1S/C20H23N5O2/c1-4-9-22-20(26)15(10-21)18-19(25-11-13(2)27-14(3)12-25)24-17-8-6-5-7-16(17)23-18/h4-8,13-15H,1,9,11-12H2,2-3H3,(H,22,26)/t13-,14-,15-/m1/s1. The number of ether oxygens (including phenoxy) is 1. The summed E-state index contributed by atoms with van der Waals surface area (Å²) in [6.45, 7) is 9.12. The average Bonchev–Trinajstić information content (AvgIpc) is 2.65. The predicted molar refractivity (Wildman–Crippen MR) is 103 cm³/mol. The number of nitriles is 1. The van der Waals surface area contributed by atoms with Crippen LogP contribution in [0.15, 0.2) is 36.9 Å². The first-order valence-corrected chi connectivity index (χ1v) is 8.98. The Kier molecular flexibility index (Phi) is 5.67. The molecule has 2 heterocycles. The largest absolute Gasteiger partial charge is 0.372 e. The predicted octanol–water partition coefficient (Wildman–Crippen LogP) is 2.15. The van der Waals surface area contributed by atoms with Crippen molar-refractivity contribution in [3.63, 3.8) is 0 Å². The summed E-state index contributed by atoms with van der Waals surface area (Å²) in [6.07, 6.45) is 1.61. The average molecular weight is 365 g/mol. The van der Waals surface area contributed by atoms with Gasteiger partial charge in [0.2, 0.25) is 5.91 Å². The van der Waals surface area contributed by atoms with Crippen LogP contribution in [0.1, 0.15) is 25.5 Å². The summed E-state index contributed by atoms with van der Waals surface area (Å²) in [5.41, 5.74) is 1.76. The van der Waals surface area contributed by atoms with Crippen molar-refractivity contribution < 1.29 is 9.53 Å². The molecule has 0 radical (unpaired) electrons. The van der Waals surface area contributed by atoms with Gasteiger partial charge in [0, 0.05) is 19.6 Å². The second-order valence-electron chi connectivity index (χ2n) is 6.68. The zero-order chi connectivity index (χ0) is 19.4. The Balaban J connectivity index is 2.09. The van der Waals surface area contributed by atoms with E-state index in [0.29, 0.717) is 36.7 Å². The van der Waals surface area contributed by atoms with Crippen molar-refractivity contribution in [2.75, 3.05) is 24.5 Å². The lowest BCUT2D eigenvalue weighted by atomic mass is 10.0. The maximum absolute atomic E-state index is 12.5. The molecule has 1 N–H and O–H groups in total. The number of morpholine rings is 1. The monoisotopic (exact) mass is 365 g/mol. The van der Waals surface area contributed by atoms with E-state index in [2.05, 4.69) is 27.8 Å².